The first-order valence-electron chi connectivity index (χ1n) is 9.20. The molecule has 2 heterocycles. The fourth-order valence-corrected chi connectivity index (χ4v) is 3.49. The molecular weight excluding hydrogens is 346 g/mol. The first-order valence-corrected chi connectivity index (χ1v) is 9.20. The third-order valence-electron chi connectivity index (χ3n) is 4.97. The molecule has 5 aromatic rings. The van der Waals surface area contributed by atoms with E-state index in [9.17, 15) is 4.79 Å². The molecule has 3 aromatic carbocycles. The van der Waals surface area contributed by atoms with Gasteiger partial charge in [0.15, 0.2) is 0 Å². The summed E-state index contributed by atoms with van der Waals surface area (Å²) in [5.74, 6) is 0.548. The monoisotopic (exact) mass is 363 g/mol. The van der Waals surface area contributed by atoms with Gasteiger partial charge in [-0.2, -0.15) is 0 Å². The van der Waals surface area contributed by atoms with Gasteiger partial charge < -0.3 is 4.42 Å². The zero-order valence-corrected chi connectivity index (χ0v) is 15.3. The van der Waals surface area contributed by atoms with Crippen LogP contribution >= 0.6 is 0 Å². The Hall–Kier alpha value is -3.72. The predicted molar refractivity (Wildman–Crippen MR) is 113 cm³/mol. The van der Waals surface area contributed by atoms with Crippen LogP contribution in [0.2, 0.25) is 0 Å². The number of fused-ring (bicyclic) bond motifs is 2. The largest absolute Gasteiger partial charge is 0.455 e. The third-order valence-corrected chi connectivity index (χ3v) is 4.97. The first kappa shape index (κ1) is 16.5. The molecule has 0 amide bonds. The highest BCUT2D eigenvalue weighted by molar-refractivity contribution is 5.90. The van der Waals surface area contributed by atoms with Gasteiger partial charge in [-0.05, 0) is 31.2 Å². The van der Waals surface area contributed by atoms with Gasteiger partial charge in [0.05, 0.1) is 22.2 Å². The molecule has 0 aliphatic carbocycles. The Kier molecular flexibility index (Phi) is 3.80. The maximum Gasteiger partial charge on any atom is 0.202 e. The van der Waals surface area contributed by atoms with Gasteiger partial charge in [0, 0.05) is 10.9 Å². The molecule has 3 nitrogen and oxygen atoms in total. The van der Waals surface area contributed by atoms with Gasteiger partial charge in [0.25, 0.3) is 0 Å². The van der Waals surface area contributed by atoms with Crippen molar-refractivity contribution >= 4 is 21.9 Å². The Morgan fingerprint density at radius 1 is 0.786 bits per heavy atom. The summed E-state index contributed by atoms with van der Waals surface area (Å²) in [7, 11) is 0. The number of benzene rings is 3. The van der Waals surface area contributed by atoms with Crippen LogP contribution in [-0.2, 0) is 0 Å². The lowest BCUT2D eigenvalue weighted by atomic mass is 10.0. The van der Waals surface area contributed by atoms with E-state index in [0.717, 1.165) is 22.0 Å². The standard InChI is InChI=1S/C25H17NO2/c1-16-10-12-18(13-11-16)25-23(24(27)19-7-3-5-9-22(19)28-25)21-15-14-17-6-2-4-8-20(17)26-21/h2-15H,1H3. The normalized spacial score (nSPS) is 11.2. The van der Waals surface area contributed by atoms with E-state index in [-0.39, 0.29) is 5.43 Å². The van der Waals surface area contributed by atoms with Gasteiger partial charge in [-0.25, -0.2) is 4.98 Å². The van der Waals surface area contributed by atoms with E-state index in [2.05, 4.69) is 0 Å². The summed E-state index contributed by atoms with van der Waals surface area (Å²) < 4.78 is 6.23. The van der Waals surface area contributed by atoms with Gasteiger partial charge in [-0.3, -0.25) is 4.79 Å². The van der Waals surface area contributed by atoms with E-state index in [1.165, 1.54) is 0 Å². The Balaban J connectivity index is 1.87. The Morgan fingerprint density at radius 3 is 2.39 bits per heavy atom. The maximum atomic E-state index is 13.4. The number of para-hydroxylation sites is 2. The van der Waals surface area contributed by atoms with Crippen LogP contribution in [0.4, 0.5) is 0 Å². The molecule has 0 bridgehead atoms. The number of hydrogen-bond donors (Lipinski definition) is 0. The predicted octanol–water partition coefficient (Wildman–Crippen LogP) is 5.98. The van der Waals surface area contributed by atoms with Gasteiger partial charge in [-0.1, -0.05) is 66.2 Å². The van der Waals surface area contributed by atoms with Crippen LogP contribution in [0.5, 0.6) is 0 Å². The van der Waals surface area contributed by atoms with Crippen LogP contribution in [0.1, 0.15) is 5.56 Å². The molecule has 0 atom stereocenters. The van der Waals surface area contributed by atoms with E-state index in [1.807, 2.05) is 85.8 Å². The highest BCUT2D eigenvalue weighted by Crippen LogP contribution is 2.32. The van der Waals surface area contributed by atoms with E-state index in [4.69, 9.17) is 9.40 Å². The summed E-state index contributed by atoms with van der Waals surface area (Å²) in [4.78, 5) is 18.2. The highest BCUT2D eigenvalue weighted by atomic mass is 16.3. The zero-order valence-electron chi connectivity index (χ0n) is 15.3. The number of hydrogen-bond acceptors (Lipinski definition) is 3. The summed E-state index contributed by atoms with van der Waals surface area (Å²) >= 11 is 0. The summed E-state index contributed by atoms with van der Waals surface area (Å²) in [5, 5.41) is 1.59. The Labute approximate surface area is 161 Å². The Bertz CT molecular complexity index is 1380. The number of rotatable bonds is 2. The average molecular weight is 363 g/mol. The molecule has 0 unspecified atom stereocenters. The molecule has 0 fully saturated rings. The smallest absolute Gasteiger partial charge is 0.202 e. The maximum absolute atomic E-state index is 13.4. The summed E-state index contributed by atoms with van der Waals surface area (Å²) in [6.45, 7) is 2.03. The lowest BCUT2D eigenvalue weighted by Crippen LogP contribution is -2.08. The lowest BCUT2D eigenvalue weighted by Gasteiger charge is -2.11. The van der Waals surface area contributed by atoms with E-state index >= 15 is 0 Å². The fourth-order valence-electron chi connectivity index (χ4n) is 3.49. The molecule has 0 saturated carbocycles. The minimum atomic E-state index is -0.0693. The van der Waals surface area contributed by atoms with Crippen LogP contribution in [0.3, 0.4) is 0 Å². The number of aromatic nitrogens is 1. The van der Waals surface area contributed by atoms with Crippen LogP contribution in [0.25, 0.3) is 44.5 Å². The van der Waals surface area contributed by atoms with Crippen LogP contribution in [0.15, 0.2) is 94.1 Å². The van der Waals surface area contributed by atoms with Crippen molar-refractivity contribution in [3.8, 4) is 22.6 Å². The second kappa shape index (κ2) is 6.46. The molecule has 3 heteroatoms. The minimum Gasteiger partial charge on any atom is -0.455 e. The molecule has 0 aliphatic heterocycles. The lowest BCUT2D eigenvalue weighted by molar-refractivity contribution is 0.620. The summed E-state index contributed by atoms with van der Waals surface area (Å²) in [6.07, 6.45) is 0. The molecule has 0 aliphatic rings. The molecule has 5 rings (SSSR count). The Morgan fingerprint density at radius 2 is 1.54 bits per heavy atom. The first-order chi connectivity index (χ1) is 13.7. The number of pyridine rings is 1. The molecule has 0 spiro atoms. The summed E-state index contributed by atoms with van der Waals surface area (Å²) in [6, 6.07) is 27.1. The van der Waals surface area contributed by atoms with E-state index in [0.29, 0.717) is 28.0 Å². The molecule has 0 N–H and O–H groups in total. The van der Waals surface area contributed by atoms with E-state index < -0.39 is 0 Å². The van der Waals surface area contributed by atoms with Crippen LogP contribution in [-0.4, -0.2) is 4.98 Å². The molecule has 134 valence electrons. The van der Waals surface area contributed by atoms with Crippen LogP contribution < -0.4 is 5.43 Å². The van der Waals surface area contributed by atoms with Crippen LogP contribution in [0, 0.1) is 6.92 Å². The van der Waals surface area contributed by atoms with Gasteiger partial charge in [-0.15, -0.1) is 0 Å². The second-order valence-electron chi connectivity index (χ2n) is 6.89. The molecular formula is C25H17NO2. The van der Waals surface area contributed by atoms with Crippen molar-refractivity contribution in [2.75, 3.05) is 0 Å². The van der Waals surface area contributed by atoms with Gasteiger partial charge >= 0.3 is 0 Å². The van der Waals surface area contributed by atoms with Crippen molar-refractivity contribution in [3.05, 3.63) is 101 Å². The van der Waals surface area contributed by atoms with Crippen molar-refractivity contribution in [3.63, 3.8) is 0 Å². The highest BCUT2D eigenvalue weighted by Gasteiger charge is 2.19. The van der Waals surface area contributed by atoms with Crippen molar-refractivity contribution in [2.45, 2.75) is 6.92 Å². The number of nitrogens with zero attached hydrogens (tertiary/aromatic N) is 1. The van der Waals surface area contributed by atoms with E-state index in [1.54, 1.807) is 6.07 Å². The fraction of sp³-hybridized carbons (Fsp3) is 0.0400. The molecule has 0 saturated heterocycles. The quantitative estimate of drug-likeness (QED) is 0.387. The summed E-state index contributed by atoms with van der Waals surface area (Å²) in [5.41, 5.74) is 4.48. The number of aryl methyl sites for hydroxylation is 1. The molecule has 2 aromatic heterocycles. The zero-order chi connectivity index (χ0) is 19.1. The SMILES string of the molecule is Cc1ccc(-c2oc3ccccc3c(=O)c2-c2ccc3ccccc3n2)cc1. The van der Waals surface area contributed by atoms with Gasteiger partial charge in [0.1, 0.15) is 11.3 Å². The second-order valence-corrected chi connectivity index (χ2v) is 6.89. The molecule has 28 heavy (non-hydrogen) atoms. The minimum absolute atomic E-state index is 0.0693. The van der Waals surface area contributed by atoms with Gasteiger partial charge in [0.2, 0.25) is 5.43 Å². The molecule has 0 radical (unpaired) electrons. The topological polar surface area (TPSA) is 43.1 Å². The van der Waals surface area contributed by atoms with Crippen molar-refractivity contribution < 1.29 is 4.42 Å². The third kappa shape index (κ3) is 2.69. The average Bonchev–Trinajstić information content (AvgIpc) is 2.74. The van der Waals surface area contributed by atoms with Crippen molar-refractivity contribution in [2.24, 2.45) is 0 Å². The van der Waals surface area contributed by atoms with Crippen molar-refractivity contribution in [1.82, 2.24) is 4.98 Å². The van der Waals surface area contributed by atoms with Crippen molar-refractivity contribution in [1.29, 1.82) is 0 Å².